The van der Waals surface area contributed by atoms with Crippen molar-refractivity contribution in [1.82, 2.24) is 10.2 Å². The average Bonchev–Trinajstić information content (AvgIpc) is 2.55. The molecule has 24 heavy (non-hydrogen) atoms. The normalized spacial score (nSPS) is 16.6. The van der Waals surface area contributed by atoms with Gasteiger partial charge < -0.3 is 16.0 Å². The Labute approximate surface area is 158 Å². The maximum Gasteiger partial charge on any atom is 0.237 e. The lowest BCUT2D eigenvalue weighted by Gasteiger charge is -2.31. The zero-order valence-corrected chi connectivity index (χ0v) is 16.1. The van der Waals surface area contributed by atoms with Crippen LogP contribution in [0.3, 0.4) is 0 Å². The summed E-state index contributed by atoms with van der Waals surface area (Å²) in [5.74, 6) is 0.570. The molecule has 4 nitrogen and oxygen atoms in total. The van der Waals surface area contributed by atoms with Crippen LogP contribution in [0.1, 0.15) is 31.7 Å². The maximum atomic E-state index is 12.1. The maximum absolute atomic E-state index is 12.1. The molecule has 1 aromatic rings. The Balaban J connectivity index is 0.00000264. The van der Waals surface area contributed by atoms with Crippen molar-refractivity contribution >= 4 is 30.7 Å². The standard InChI is InChI=1S/C18H29N3O.2ClH/c1-2-10-21-11-8-16(9-12-21)14-20-18(22)17(19)13-15-6-4-3-5-7-15;;/h3-7,16-17H,2,8-14,19H2,1H3,(H,20,22);2*1H. The largest absolute Gasteiger partial charge is 0.354 e. The van der Waals surface area contributed by atoms with Crippen molar-refractivity contribution in [3.05, 3.63) is 35.9 Å². The summed E-state index contributed by atoms with van der Waals surface area (Å²) < 4.78 is 0. The van der Waals surface area contributed by atoms with Crippen molar-refractivity contribution in [1.29, 1.82) is 0 Å². The zero-order chi connectivity index (χ0) is 15.8. The highest BCUT2D eigenvalue weighted by atomic mass is 35.5. The molecule has 0 aromatic heterocycles. The summed E-state index contributed by atoms with van der Waals surface area (Å²) in [5.41, 5.74) is 7.12. The van der Waals surface area contributed by atoms with Gasteiger partial charge in [0.05, 0.1) is 6.04 Å². The summed E-state index contributed by atoms with van der Waals surface area (Å²) in [7, 11) is 0. The van der Waals surface area contributed by atoms with Crippen molar-refractivity contribution in [3.63, 3.8) is 0 Å². The van der Waals surface area contributed by atoms with Crippen LogP contribution in [0.25, 0.3) is 0 Å². The number of hydrogen-bond donors (Lipinski definition) is 2. The van der Waals surface area contributed by atoms with Gasteiger partial charge in [0.15, 0.2) is 0 Å². The Morgan fingerprint density at radius 1 is 1.25 bits per heavy atom. The van der Waals surface area contributed by atoms with Crippen LogP contribution in [0, 0.1) is 5.92 Å². The molecule has 1 fully saturated rings. The molecule has 1 unspecified atom stereocenters. The van der Waals surface area contributed by atoms with Crippen LogP contribution in [-0.4, -0.2) is 43.0 Å². The first-order valence-electron chi connectivity index (χ1n) is 8.48. The number of amides is 1. The number of nitrogens with zero attached hydrogens (tertiary/aromatic N) is 1. The summed E-state index contributed by atoms with van der Waals surface area (Å²) >= 11 is 0. The molecule has 0 aliphatic carbocycles. The van der Waals surface area contributed by atoms with Crippen LogP contribution in [0.4, 0.5) is 0 Å². The number of hydrogen-bond acceptors (Lipinski definition) is 3. The summed E-state index contributed by atoms with van der Waals surface area (Å²) in [6.07, 6.45) is 4.17. The second-order valence-corrected chi connectivity index (χ2v) is 6.33. The van der Waals surface area contributed by atoms with E-state index in [4.69, 9.17) is 5.73 Å². The van der Waals surface area contributed by atoms with Crippen molar-refractivity contribution in [2.45, 2.75) is 38.6 Å². The van der Waals surface area contributed by atoms with Gasteiger partial charge in [0.25, 0.3) is 0 Å². The quantitative estimate of drug-likeness (QED) is 0.769. The Bertz CT molecular complexity index is 451. The van der Waals surface area contributed by atoms with E-state index in [1.165, 1.54) is 25.8 Å². The van der Waals surface area contributed by atoms with Crippen LogP contribution in [-0.2, 0) is 11.2 Å². The number of piperidine rings is 1. The minimum absolute atomic E-state index is 0. The molecular formula is C18H31Cl2N3O. The summed E-state index contributed by atoms with van der Waals surface area (Å²) in [6, 6.07) is 9.49. The first-order chi connectivity index (χ1) is 10.7. The van der Waals surface area contributed by atoms with Gasteiger partial charge in [-0.2, -0.15) is 0 Å². The molecule has 0 bridgehead atoms. The number of nitrogens with one attached hydrogen (secondary N) is 1. The Morgan fingerprint density at radius 3 is 2.46 bits per heavy atom. The van der Waals surface area contributed by atoms with E-state index in [-0.39, 0.29) is 30.7 Å². The van der Waals surface area contributed by atoms with Crippen molar-refractivity contribution < 1.29 is 4.79 Å². The van der Waals surface area contributed by atoms with Gasteiger partial charge in [-0.05, 0) is 56.8 Å². The van der Waals surface area contributed by atoms with Gasteiger partial charge in [-0.3, -0.25) is 4.79 Å². The van der Waals surface area contributed by atoms with Crippen LogP contribution in [0.15, 0.2) is 30.3 Å². The van der Waals surface area contributed by atoms with E-state index in [0.717, 1.165) is 25.2 Å². The molecule has 0 saturated carbocycles. The van der Waals surface area contributed by atoms with Crippen LogP contribution in [0.2, 0.25) is 0 Å². The van der Waals surface area contributed by atoms with Gasteiger partial charge in [-0.1, -0.05) is 37.3 Å². The first-order valence-corrected chi connectivity index (χ1v) is 8.48. The number of likely N-dealkylation sites (tertiary alicyclic amines) is 1. The molecule has 1 atom stereocenters. The minimum Gasteiger partial charge on any atom is -0.354 e. The van der Waals surface area contributed by atoms with Gasteiger partial charge in [-0.15, -0.1) is 24.8 Å². The molecule has 2 rings (SSSR count). The average molecular weight is 376 g/mol. The highest BCUT2D eigenvalue weighted by Crippen LogP contribution is 2.16. The fourth-order valence-corrected chi connectivity index (χ4v) is 3.07. The summed E-state index contributed by atoms with van der Waals surface area (Å²) in [6.45, 7) is 6.50. The van der Waals surface area contributed by atoms with E-state index in [2.05, 4.69) is 17.1 Å². The monoisotopic (exact) mass is 375 g/mol. The highest BCUT2D eigenvalue weighted by molar-refractivity contribution is 5.85. The van der Waals surface area contributed by atoms with Crippen LogP contribution in [0.5, 0.6) is 0 Å². The van der Waals surface area contributed by atoms with E-state index in [1.54, 1.807) is 0 Å². The van der Waals surface area contributed by atoms with Crippen molar-refractivity contribution in [3.8, 4) is 0 Å². The number of rotatable bonds is 7. The Kier molecular flexibility index (Phi) is 12.1. The topological polar surface area (TPSA) is 58.4 Å². The number of nitrogens with two attached hydrogens (primary N) is 1. The predicted molar refractivity (Wildman–Crippen MR) is 105 cm³/mol. The smallest absolute Gasteiger partial charge is 0.237 e. The summed E-state index contributed by atoms with van der Waals surface area (Å²) in [4.78, 5) is 14.6. The molecule has 138 valence electrons. The minimum atomic E-state index is -0.456. The molecule has 0 radical (unpaired) electrons. The summed E-state index contributed by atoms with van der Waals surface area (Å²) in [5, 5.41) is 3.04. The third-order valence-electron chi connectivity index (χ3n) is 4.45. The lowest BCUT2D eigenvalue weighted by Crippen LogP contribution is -2.45. The molecule has 1 saturated heterocycles. The molecule has 1 amide bonds. The molecule has 3 N–H and O–H groups in total. The molecule has 1 aromatic carbocycles. The molecule has 1 heterocycles. The predicted octanol–water partition coefficient (Wildman–Crippen LogP) is 2.64. The number of carbonyl (C=O) groups excluding carboxylic acids is 1. The van der Waals surface area contributed by atoms with E-state index < -0.39 is 6.04 Å². The number of benzene rings is 1. The van der Waals surface area contributed by atoms with Gasteiger partial charge in [0.1, 0.15) is 0 Å². The van der Waals surface area contributed by atoms with Gasteiger partial charge in [0.2, 0.25) is 5.91 Å². The molecule has 6 heteroatoms. The second-order valence-electron chi connectivity index (χ2n) is 6.33. The van der Waals surface area contributed by atoms with Crippen molar-refractivity contribution in [2.24, 2.45) is 11.7 Å². The van der Waals surface area contributed by atoms with E-state index in [9.17, 15) is 4.79 Å². The fourth-order valence-electron chi connectivity index (χ4n) is 3.07. The second kappa shape index (κ2) is 12.5. The van der Waals surface area contributed by atoms with Gasteiger partial charge in [0, 0.05) is 6.54 Å². The highest BCUT2D eigenvalue weighted by Gasteiger charge is 2.20. The van der Waals surface area contributed by atoms with Crippen molar-refractivity contribution in [2.75, 3.05) is 26.2 Å². The third-order valence-corrected chi connectivity index (χ3v) is 4.45. The Morgan fingerprint density at radius 2 is 1.88 bits per heavy atom. The molecule has 1 aliphatic heterocycles. The van der Waals surface area contributed by atoms with Crippen LogP contribution >= 0.6 is 24.8 Å². The van der Waals surface area contributed by atoms with E-state index in [0.29, 0.717) is 12.3 Å². The SMILES string of the molecule is CCCN1CCC(CNC(=O)C(N)Cc2ccccc2)CC1.Cl.Cl. The van der Waals surface area contributed by atoms with Gasteiger partial charge in [-0.25, -0.2) is 0 Å². The molecule has 0 spiro atoms. The van der Waals surface area contributed by atoms with E-state index >= 15 is 0 Å². The fraction of sp³-hybridized carbons (Fsp3) is 0.611. The number of carbonyl (C=O) groups is 1. The first kappa shape index (κ1) is 23.2. The lowest BCUT2D eigenvalue weighted by atomic mass is 9.96. The lowest BCUT2D eigenvalue weighted by molar-refractivity contribution is -0.122. The molecule has 1 aliphatic rings. The third kappa shape index (κ3) is 7.84. The number of halogens is 2. The zero-order valence-electron chi connectivity index (χ0n) is 14.4. The van der Waals surface area contributed by atoms with Gasteiger partial charge >= 0.3 is 0 Å². The Hall–Kier alpha value is -0.810. The van der Waals surface area contributed by atoms with Crippen LogP contribution < -0.4 is 11.1 Å². The molecular weight excluding hydrogens is 345 g/mol. The van der Waals surface area contributed by atoms with E-state index in [1.807, 2.05) is 30.3 Å².